The van der Waals surface area contributed by atoms with Gasteiger partial charge in [0.15, 0.2) is 0 Å². The van der Waals surface area contributed by atoms with E-state index in [1.54, 1.807) is 35.6 Å². The first-order chi connectivity index (χ1) is 16.1. The highest BCUT2D eigenvalue weighted by Gasteiger charge is 2.30. The number of rotatable bonds is 8. The van der Waals surface area contributed by atoms with Gasteiger partial charge in [-0.25, -0.2) is 4.79 Å². The van der Waals surface area contributed by atoms with E-state index in [2.05, 4.69) is 5.32 Å². The van der Waals surface area contributed by atoms with Crippen molar-refractivity contribution in [2.45, 2.75) is 25.7 Å². The summed E-state index contributed by atoms with van der Waals surface area (Å²) in [4.78, 5) is 38.1. The summed E-state index contributed by atoms with van der Waals surface area (Å²) in [5.41, 5.74) is 0.351. The number of carboxylic acid groups (broad SMARTS) is 1. The molecule has 10 heteroatoms. The topological polar surface area (TPSA) is 86.7 Å². The molecule has 3 aromatic rings. The van der Waals surface area contributed by atoms with E-state index < -0.39 is 23.6 Å². The number of nitrogens with one attached hydrogen (secondary N) is 1. The van der Waals surface area contributed by atoms with Crippen LogP contribution in [0.1, 0.15) is 31.9 Å². The summed E-state index contributed by atoms with van der Waals surface area (Å²) in [6, 6.07) is 14.5. The molecule has 0 aliphatic carbocycles. The molecule has 0 fully saturated rings. The van der Waals surface area contributed by atoms with Crippen LogP contribution in [0.2, 0.25) is 0 Å². The Labute approximate surface area is 197 Å². The monoisotopic (exact) mass is 490 g/mol. The van der Waals surface area contributed by atoms with Crippen LogP contribution in [0.25, 0.3) is 0 Å². The lowest BCUT2D eigenvalue weighted by Gasteiger charge is -2.21. The lowest BCUT2D eigenvalue weighted by molar-refractivity contribution is -0.156. The van der Waals surface area contributed by atoms with Crippen LogP contribution in [0, 0.1) is 0 Å². The quantitative estimate of drug-likeness (QED) is 0.460. The largest absolute Gasteiger partial charge is 0.474 e. The molecule has 0 radical (unpaired) electrons. The van der Waals surface area contributed by atoms with E-state index in [9.17, 15) is 32.7 Å². The number of carboxylic acids is 1. The van der Waals surface area contributed by atoms with Crippen molar-refractivity contribution in [2.75, 3.05) is 6.54 Å². The van der Waals surface area contributed by atoms with Gasteiger partial charge in [-0.05, 0) is 53.3 Å². The second-order valence-corrected chi connectivity index (χ2v) is 8.48. The highest BCUT2D eigenvalue weighted by atomic mass is 32.1. The maximum Gasteiger partial charge on any atom is 0.416 e. The van der Waals surface area contributed by atoms with Crippen LogP contribution in [0.3, 0.4) is 0 Å². The first-order valence-corrected chi connectivity index (χ1v) is 11.1. The highest BCUT2D eigenvalue weighted by molar-refractivity contribution is 7.09. The Bertz CT molecular complexity index is 1150. The Morgan fingerprint density at radius 2 is 1.65 bits per heavy atom. The molecule has 0 aliphatic heterocycles. The Morgan fingerprint density at radius 1 is 0.941 bits per heavy atom. The molecule has 2 aromatic carbocycles. The molecule has 1 aromatic heterocycles. The van der Waals surface area contributed by atoms with E-state index in [4.69, 9.17) is 0 Å². The van der Waals surface area contributed by atoms with Crippen molar-refractivity contribution in [2.24, 2.45) is 0 Å². The van der Waals surface area contributed by atoms with Crippen LogP contribution in [0.15, 0.2) is 66.0 Å². The van der Waals surface area contributed by atoms with E-state index in [1.807, 2.05) is 17.5 Å². The van der Waals surface area contributed by atoms with Crippen molar-refractivity contribution < 1.29 is 32.7 Å². The summed E-state index contributed by atoms with van der Waals surface area (Å²) in [5, 5.41) is 13.9. The van der Waals surface area contributed by atoms with E-state index in [-0.39, 0.29) is 19.0 Å². The molecule has 0 unspecified atom stereocenters. The SMILES string of the molecule is O=C(O)C(=O)N(Cc1ccc(C(F)(F)F)cc1)Cc1cccc(C(=O)NCCc2cccs2)c1. The average molecular weight is 491 g/mol. The summed E-state index contributed by atoms with van der Waals surface area (Å²) >= 11 is 1.59. The average Bonchev–Trinajstić information content (AvgIpc) is 3.31. The number of thiophene rings is 1. The number of aliphatic carboxylic acids is 1. The third kappa shape index (κ3) is 6.92. The molecule has 3 rings (SSSR count). The van der Waals surface area contributed by atoms with Gasteiger partial charge in [-0.3, -0.25) is 9.59 Å². The summed E-state index contributed by atoms with van der Waals surface area (Å²) in [5.74, 6) is -3.20. The second-order valence-electron chi connectivity index (χ2n) is 7.45. The summed E-state index contributed by atoms with van der Waals surface area (Å²) in [6.07, 6.45) is -3.81. The first-order valence-electron chi connectivity index (χ1n) is 10.2. The Morgan fingerprint density at radius 3 is 2.26 bits per heavy atom. The molecule has 34 heavy (non-hydrogen) atoms. The van der Waals surface area contributed by atoms with Crippen molar-refractivity contribution >= 4 is 29.1 Å². The van der Waals surface area contributed by atoms with E-state index in [0.717, 1.165) is 21.9 Å². The number of hydrogen-bond acceptors (Lipinski definition) is 4. The summed E-state index contributed by atoms with van der Waals surface area (Å²) < 4.78 is 38.3. The maximum absolute atomic E-state index is 12.8. The fraction of sp³-hybridized carbons (Fsp3) is 0.208. The zero-order chi connectivity index (χ0) is 24.7. The third-order valence-corrected chi connectivity index (χ3v) is 5.86. The number of nitrogens with zero attached hydrogens (tertiary/aromatic N) is 1. The molecular weight excluding hydrogens is 469 g/mol. The lowest BCUT2D eigenvalue weighted by atomic mass is 10.1. The highest BCUT2D eigenvalue weighted by Crippen LogP contribution is 2.29. The van der Waals surface area contributed by atoms with Gasteiger partial charge in [0.2, 0.25) is 0 Å². The first kappa shape index (κ1) is 25.0. The van der Waals surface area contributed by atoms with Crippen molar-refractivity contribution in [1.82, 2.24) is 10.2 Å². The van der Waals surface area contributed by atoms with Gasteiger partial charge in [0.25, 0.3) is 5.91 Å². The number of hydrogen-bond donors (Lipinski definition) is 2. The number of carbonyl (C=O) groups excluding carboxylic acids is 2. The van der Waals surface area contributed by atoms with Crippen LogP contribution in [-0.2, 0) is 35.3 Å². The minimum absolute atomic E-state index is 0.136. The molecule has 0 spiro atoms. The molecule has 0 saturated carbocycles. The van der Waals surface area contributed by atoms with Crippen molar-refractivity contribution in [3.05, 3.63) is 93.2 Å². The molecule has 1 heterocycles. The zero-order valence-corrected chi connectivity index (χ0v) is 18.7. The smallest absolute Gasteiger partial charge is 0.416 e. The molecule has 0 aliphatic rings. The number of alkyl halides is 3. The molecule has 2 amide bonds. The van der Waals surface area contributed by atoms with Crippen LogP contribution in [0.5, 0.6) is 0 Å². The molecular formula is C24H21F3N2O4S. The minimum Gasteiger partial charge on any atom is -0.474 e. The van der Waals surface area contributed by atoms with Gasteiger partial charge >= 0.3 is 18.1 Å². The minimum atomic E-state index is -4.50. The number of amides is 2. The number of carbonyl (C=O) groups is 3. The second kappa shape index (κ2) is 11.0. The number of halogens is 3. The van der Waals surface area contributed by atoms with E-state index in [1.165, 1.54) is 12.1 Å². The molecule has 0 saturated heterocycles. The van der Waals surface area contributed by atoms with Gasteiger partial charge in [0.05, 0.1) is 5.56 Å². The van der Waals surface area contributed by atoms with Gasteiger partial charge in [-0.1, -0.05) is 30.3 Å². The van der Waals surface area contributed by atoms with E-state index in [0.29, 0.717) is 29.7 Å². The zero-order valence-electron chi connectivity index (χ0n) is 17.8. The number of benzene rings is 2. The van der Waals surface area contributed by atoms with Gasteiger partial charge in [0.1, 0.15) is 0 Å². The van der Waals surface area contributed by atoms with Crippen molar-refractivity contribution in [1.29, 1.82) is 0 Å². The van der Waals surface area contributed by atoms with Gasteiger partial charge in [-0.15, -0.1) is 11.3 Å². The molecule has 6 nitrogen and oxygen atoms in total. The van der Waals surface area contributed by atoms with Crippen molar-refractivity contribution in [3.8, 4) is 0 Å². The Balaban J connectivity index is 1.69. The summed E-state index contributed by atoms with van der Waals surface area (Å²) in [6.45, 7) is 0.101. The molecule has 0 bridgehead atoms. The predicted molar refractivity (Wildman–Crippen MR) is 120 cm³/mol. The third-order valence-electron chi connectivity index (χ3n) is 4.92. The fourth-order valence-corrected chi connectivity index (χ4v) is 3.95. The molecule has 2 N–H and O–H groups in total. The predicted octanol–water partition coefficient (Wildman–Crippen LogP) is 4.35. The van der Waals surface area contributed by atoms with Crippen molar-refractivity contribution in [3.63, 3.8) is 0 Å². The van der Waals surface area contributed by atoms with E-state index >= 15 is 0 Å². The van der Waals surface area contributed by atoms with Crippen LogP contribution in [-0.4, -0.2) is 34.3 Å². The fourth-order valence-electron chi connectivity index (χ4n) is 3.24. The van der Waals surface area contributed by atoms with Crippen LogP contribution < -0.4 is 5.32 Å². The van der Waals surface area contributed by atoms with Gasteiger partial charge in [0, 0.05) is 30.1 Å². The molecule has 178 valence electrons. The normalized spacial score (nSPS) is 11.1. The Kier molecular flexibility index (Phi) is 8.06. The standard InChI is InChI=1S/C24H21F3N2O4S/c25-24(26,27)19-8-6-16(7-9-19)14-29(22(31)23(32)33)15-17-3-1-4-18(13-17)21(30)28-11-10-20-5-2-12-34-20/h1-9,12-13H,10-11,14-15H2,(H,28,30)(H,32,33). The summed E-state index contributed by atoms with van der Waals surface area (Å²) in [7, 11) is 0. The van der Waals surface area contributed by atoms with Gasteiger partial charge in [-0.2, -0.15) is 13.2 Å². The molecule has 0 atom stereocenters. The lowest BCUT2D eigenvalue weighted by Crippen LogP contribution is -2.35. The van der Waals surface area contributed by atoms with Crippen LogP contribution in [0.4, 0.5) is 13.2 Å². The Hall–Kier alpha value is -3.66. The van der Waals surface area contributed by atoms with Crippen LogP contribution >= 0.6 is 11.3 Å². The maximum atomic E-state index is 12.8. The van der Waals surface area contributed by atoms with Gasteiger partial charge < -0.3 is 15.3 Å².